The van der Waals surface area contributed by atoms with E-state index in [1.165, 1.54) is 25.7 Å². The molecule has 1 saturated carbocycles. The lowest BCUT2D eigenvalue weighted by Gasteiger charge is -2.38. The molecule has 3 fully saturated rings. The van der Waals surface area contributed by atoms with Gasteiger partial charge in [0.2, 0.25) is 5.91 Å². The van der Waals surface area contributed by atoms with Gasteiger partial charge in [0.25, 0.3) is 0 Å². The van der Waals surface area contributed by atoms with Gasteiger partial charge in [0.15, 0.2) is 0 Å². The molecule has 0 aromatic rings. The van der Waals surface area contributed by atoms with Crippen LogP contribution < -0.4 is 0 Å². The Morgan fingerprint density at radius 2 is 1.70 bits per heavy atom. The van der Waals surface area contributed by atoms with E-state index in [2.05, 4.69) is 4.90 Å². The van der Waals surface area contributed by atoms with E-state index < -0.39 is 19.0 Å². The zero-order chi connectivity index (χ0) is 19.3. The molecule has 0 aromatic carbocycles. The first-order valence-electron chi connectivity index (χ1n) is 10.6. The Kier molecular flexibility index (Phi) is 7.42. The Labute approximate surface area is 160 Å². The quantitative estimate of drug-likeness (QED) is 0.659. The third-order valence-corrected chi connectivity index (χ3v) is 6.39. The number of ether oxygens (including phenoxy) is 1. The minimum atomic E-state index is -4.28. The van der Waals surface area contributed by atoms with Crippen LogP contribution in [0.3, 0.4) is 0 Å². The van der Waals surface area contributed by atoms with Crippen molar-refractivity contribution in [2.75, 3.05) is 32.8 Å². The molecule has 0 spiro atoms. The van der Waals surface area contributed by atoms with Gasteiger partial charge in [-0.2, -0.15) is 13.2 Å². The molecule has 27 heavy (non-hydrogen) atoms. The Bertz CT molecular complexity index is 466. The topological polar surface area (TPSA) is 32.8 Å². The molecule has 1 unspecified atom stereocenters. The number of piperidine rings is 1. The van der Waals surface area contributed by atoms with Crippen LogP contribution in [0.5, 0.6) is 0 Å². The number of amides is 1. The first-order chi connectivity index (χ1) is 12.9. The van der Waals surface area contributed by atoms with Crippen LogP contribution in [-0.2, 0) is 9.53 Å². The molecule has 2 saturated heterocycles. The van der Waals surface area contributed by atoms with Crippen molar-refractivity contribution in [3.05, 3.63) is 0 Å². The van der Waals surface area contributed by atoms with E-state index >= 15 is 0 Å². The number of halogens is 3. The van der Waals surface area contributed by atoms with Gasteiger partial charge in [0.1, 0.15) is 0 Å². The van der Waals surface area contributed by atoms with Gasteiger partial charge in [0, 0.05) is 32.2 Å². The van der Waals surface area contributed by atoms with Gasteiger partial charge in [-0.05, 0) is 57.5 Å². The highest BCUT2D eigenvalue weighted by Gasteiger charge is 2.32. The third-order valence-electron chi connectivity index (χ3n) is 6.39. The van der Waals surface area contributed by atoms with Crippen molar-refractivity contribution >= 4 is 5.91 Å². The maximum absolute atomic E-state index is 12.5. The standard InChI is InChI=1S/C20H33F3N2O2/c21-20(22,23)10-7-19(26)25(15-18-6-3-13-27-18)14-16-8-11-24(12-9-16)17-4-1-2-5-17/h16-18H,1-15H2. The van der Waals surface area contributed by atoms with Gasteiger partial charge < -0.3 is 14.5 Å². The van der Waals surface area contributed by atoms with E-state index in [1.54, 1.807) is 4.90 Å². The van der Waals surface area contributed by atoms with Crippen molar-refractivity contribution in [3.8, 4) is 0 Å². The second-order valence-corrected chi connectivity index (χ2v) is 8.47. The molecule has 1 atom stereocenters. The number of hydrogen-bond donors (Lipinski definition) is 0. The molecule has 3 rings (SSSR count). The summed E-state index contributed by atoms with van der Waals surface area (Å²) in [5, 5.41) is 0. The summed E-state index contributed by atoms with van der Waals surface area (Å²) in [6.07, 6.45) is 3.40. The van der Waals surface area contributed by atoms with E-state index in [4.69, 9.17) is 4.74 Å². The molecular formula is C20H33F3N2O2. The lowest BCUT2D eigenvalue weighted by Crippen LogP contribution is -2.45. The van der Waals surface area contributed by atoms with Gasteiger partial charge in [-0.25, -0.2) is 0 Å². The highest BCUT2D eigenvalue weighted by Crippen LogP contribution is 2.29. The van der Waals surface area contributed by atoms with Crippen LogP contribution in [0.4, 0.5) is 13.2 Å². The molecule has 0 N–H and O–H groups in total. The fourth-order valence-electron chi connectivity index (χ4n) is 4.80. The minimum absolute atomic E-state index is 0.0154. The van der Waals surface area contributed by atoms with E-state index in [9.17, 15) is 18.0 Å². The summed E-state index contributed by atoms with van der Waals surface area (Å²) in [6.45, 7) is 3.82. The van der Waals surface area contributed by atoms with Gasteiger partial charge in [-0.3, -0.25) is 4.79 Å². The highest BCUT2D eigenvalue weighted by atomic mass is 19.4. The zero-order valence-corrected chi connectivity index (χ0v) is 16.2. The minimum Gasteiger partial charge on any atom is -0.376 e. The van der Waals surface area contributed by atoms with Crippen molar-refractivity contribution in [1.82, 2.24) is 9.80 Å². The molecule has 0 radical (unpaired) electrons. The average Bonchev–Trinajstić information content (AvgIpc) is 3.33. The Morgan fingerprint density at radius 3 is 2.30 bits per heavy atom. The van der Waals surface area contributed by atoms with Crippen LogP contribution in [0.15, 0.2) is 0 Å². The van der Waals surface area contributed by atoms with Gasteiger partial charge in [-0.15, -0.1) is 0 Å². The number of nitrogens with zero attached hydrogens (tertiary/aromatic N) is 2. The smallest absolute Gasteiger partial charge is 0.376 e. The van der Waals surface area contributed by atoms with E-state index in [0.29, 0.717) is 25.6 Å². The van der Waals surface area contributed by atoms with Crippen LogP contribution in [0.25, 0.3) is 0 Å². The molecule has 2 heterocycles. The summed E-state index contributed by atoms with van der Waals surface area (Å²) in [7, 11) is 0. The molecule has 0 bridgehead atoms. The largest absolute Gasteiger partial charge is 0.389 e. The molecule has 4 nitrogen and oxygen atoms in total. The van der Waals surface area contributed by atoms with E-state index in [0.717, 1.165) is 44.8 Å². The van der Waals surface area contributed by atoms with Crippen molar-refractivity contribution in [1.29, 1.82) is 0 Å². The summed E-state index contributed by atoms with van der Waals surface area (Å²) in [6, 6.07) is 0.724. The Hall–Kier alpha value is -0.820. The summed E-state index contributed by atoms with van der Waals surface area (Å²) >= 11 is 0. The predicted octanol–water partition coefficient (Wildman–Crippen LogP) is 3.99. The van der Waals surface area contributed by atoms with Gasteiger partial charge in [-0.1, -0.05) is 12.8 Å². The van der Waals surface area contributed by atoms with Crippen molar-refractivity contribution in [3.63, 3.8) is 0 Å². The van der Waals surface area contributed by atoms with Crippen LogP contribution in [0.1, 0.15) is 64.2 Å². The summed E-state index contributed by atoms with van der Waals surface area (Å²) in [4.78, 5) is 16.7. The van der Waals surface area contributed by atoms with Crippen molar-refractivity contribution < 1.29 is 22.7 Å². The predicted molar refractivity (Wildman–Crippen MR) is 97.4 cm³/mol. The SMILES string of the molecule is O=C(CCC(F)(F)F)N(CC1CCN(C2CCCC2)CC1)CC1CCCO1. The lowest BCUT2D eigenvalue weighted by molar-refractivity contribution is -0.150. The number of alkyl halides is 3. The molecular weight excluding hydrogens is 357 g/mol. The fraction of sp³-hybridized carbons (Fsp3) is 0.950. The molecule has 3 aliphatic rings. The Balaban J connectivity index is 1.50. The molecule has 0 aromatic heterocycles. The molecule has 7 heteroatoms. The van der Waals surface area contributed by atoms with E-state index in [-0.39, 0.29) is 12.0 Å². The second kappa shape index (κ2) is 9.59. The average molecular weight is 390 g/mol. The van der Waals surface area contributed by atoms with Crippen LogP contribution >= 0.6 is 0 Å². The molecule has 2 aliphatic heterocycles. The van der Waals surface area contributed by atoms with Crippen molar-refractivity contribution in [2.45, 2.75) is 82.5 Å². The zero-order valence-electron chi connectivity index (χ0n) is 16.2. The molecule has 1 amide bonds. The van der Waals surface area contributed by atoms with Crippen LogP contribution in [0, 0.1) is 5.92 Å². The second-order valence-electron chi connectivity index (χ2n) is 8.47. The highest BCUT2D eigenvalue weighted by molar-refractivity contribution is 5.76. The first-order valence-corrected chi connectivity index (χ1v) is 10.6. The number of hydrogen-bond acceptors (Lipinski definition) is 3. The first kappa shape index (κ1) is 20.9. The maximum Gasteiger partial charge on any atom is 0.389 e. The lowest BCUT2D eigenvalue weighted by atomic mass is 9.94. The summed E-state index contributed by atoms with van der Waals surface area (Å²) < 4.78 is 43.2. The third kappa shape index (κ3) is 6.63. The number of carbonyl (C=O) groups excluding carboxylic acids is 1. The normalized spacial score (nSPS) is 26.0. The monoisotopic (exact) mass is 390 g/mol. The van der Waals surface area contributed by atoms with Crippen molar-refractivity contribution in [2.24, 2.45) is 5.92 Å². The van der Waals surface area contributed by atoms with Gasteiger partial charge >= 0.3 is 6.18 Å². The maximum atomic E-state index is 12.5. The van der Waals surface area contributed by atoms with Crippen LogP contribution in [0.2, 0.25) is 0 Å². The summed E-state index contributed by atoms with van der Waals surface area (Å²) in [5.74, 6) is 0.0138. The number of rotatable bonds is 7. The Morgan fingerprint density at radius 1 is 1.00 bits per heavy atom. The van der Waals surface area contributed by atoms with Gasteiger partial charge in [0.05, 0.1) is 12.5 Å². The number of carbonyl (C=O) groups is 1. The molecule has 156 valence electrons. The fourth-order valence-corrected chi connectivity index (χ4v) is 4.80. The molecule has 1 aliphatic carbocycles. The van der Waals surface area contributed by atoms with E-state index in [1.807, 2.05) is 0 Å². The van der Waals surface area contributed by atoms with Crippen LogP contribution in [-0.4, -0.2) is 66.8 Å². The summed E-state index contributed by atoms with van der Waals surface area (Å²) in [5.41, 5.74) is 0. The number of likely N-dealkylation sites (tertiary alicyclic amines) is 1.